The Hall–Kier alpha value is -0.760. The van der Waals surface area contributed by atoms with E-state index < -0.39 is 11.7 Å². The van der Waals surface area contributed by atoms with Crippen LogP contribution in [0, 0.1) is 0 Å². The molecule has 0 bridgehead atoms. The number of alkyl halides is 3. The average molecular weight is 208 g/mol. The second-order valence-electron chi connectivity index (χ2n) is 2.45. The van der Waals surface area contributed by atoms with Crippen LogP contribution >= 0.6 is 9.24 Å². The van der Waals surface area contributed by atoms with Gasteiger partial charge in [-0.15, -0.1) is 9.24 Å². The first-order valence-electron chi connectivity index (χ1n) is 3.46. The molecule has 0 N–H and O–H groups in total. The Morgan fingerprint density at radius 3 is 2.38 bits per heavy atom. The first-order valence-corrected chi connectivity index (χ1v) is 4.03. The van der Waals surface area contributed by atoms with Crippen LogP contribution in [0.4, 0.5) is 13.2 Å². The van der Waals surface area contributed by atoms with E-state index in [0.717, 1.165) is 12.1 Å². The van der Waals surface area contributed by atoms with E-state index in [2.05, 4.69) is 9.24 Å². The molecular weight excluding hydrogens is 200 g/mol. The molecule has 0 aliphatic rings. The molecular formula is C8H8F3OP. The standard InChI is InChI=1S/C8H8F3OP/c1-12-6-4-5(8(9,10)11)2-3-7(6)13/h2-4H,13H2,1H3. The van der Waals surface area contributed by atoms with Crippen molar-refractivity contribution in [2.24, 2.45) is 0 Å². The molecule has 0 spiro atoms. The summed E-state index contributed by atoms with van der Waals surface area (Å²) in [5.74, 6) is 0.222. The maximum Gasteiger partial charge on any atom is 0.416 e. The highest BCUT2D eigenvalue weighted by atomic mass is 31.0. The molecule has 1 nitrogen and oxygen atoms in total. The minimum atomic E-state index is -4.31. The van der Waals surface area contributed by atoms with Crippen molar-refractivity contribution in [3.8, 4) is 5.75 Å². The van der Waals surface area contributed by atoms with Gasteiger partial charge in [0.05, 0.1) is 12.7 Å². The number of rotatable bonds is 1. The molecule has 1 aromatic rings. The number of hydrogen-bond acceptors (Lipinski definition) is 1. The van der Waals surface area contributed by atoms with Gasteiger partial charge in [-0.25, -0.2) is 0 Å². The van der Waals surface area contributed by atoms with Gasteiger partial charge in [0.2, 0.25) is 0 Å². The normalized spacial score (nSPS) is 11.5. The monoisotopic (exact) mass is 208 g/mol. The lowest BCUT2D eigenvalue weighted by Gasteiger charge is -2.09. The fraction of sp³-hybridized carbons (Fsp3) is 0.250. The first kappa shape index (κ1) is 10.3. The third kappa shape index (κ3) is 2.34. The molecule has 0 amide bonds. The Bertz CT molecular complexity index is 309. The second-order valence-corrected chi connectivity index (χ2v) is 3.08. The smallest absolute Gasteiger partial charge is 0.416 e. The summed E-state index contributed by atoms with van der Waals surface area (Å²) >= 11 is 0. The molecule has 1 unspecified atom stereocenters. The van der Waals surface area contributed by atoms with Crippen LogP contribution in [0.1, 0.15) is 5.56 Å². The second kappa shape index (κ2) is 3.54. The lowest BCUT2D eigenvalue weighted by Crippen LogP contribution is -2.08. The fourth-order valence-electron chi connectivity index (χ4n) is 0.887. The predicted octanol–water partition coefficient (Wildman–Crippen LogP) is 2.21. The van der Waals surface area contributed by atoms with Gasteiger partial charge < -0.3 is 4.74 Å². The molecule has 0 radical (unpaired) electrons. The van der Waals surface area contributed by atoms with Crippen molar-refractivity contribution in [1.29, 1.82) is 0 Å². The van der Waals surface area contributed by atoms with E-state index >= 15 is 0 Å². The number of hydrogen-bond donors (Lipinski definition) is 0. The van der Waals surface area contributed by atoms with Gasteiger partial charge in [0.1, 0.15) is 5.75 Å². The largest absolute Gasteiger partial charge is 0.496 e. The molecule has 5 heteroatoms. The Morgan fingerprint density at radius 2 is 1.92 bits per heavy atom. The number of methoxy groups -OCH3 is 1. The zero-order valence-corrected chi connectivity index (χ0v) is 8.01. The van der Waals surface area contributed by atoms with E-state index in [-0.39, 0.29) is 5.75 Å². The van der Waals surface area contributed by atoms with Crippen molar-refractivity contribution in [3.05, 3.63) is 23.8 Å². The van der Waals surface area contributed by atoms with Crippen molar-refractivity contribution in [2.75, 3.05) is 7.11 Å². The zero-order chi connectivity index (χ0) is 10.1. The molecule has 0 aliphatic carbocycles. The Morgan fingerprint density at radius 1 is 1.31 bits per heavy atom. The van der Waals surface area contributed by atoms with Crippen LogP contribution in [0.2, 0.25) is 0 Å². The molecule has 13 heavy (non-hydrogen) atoms. The molecule has 1 aromatic carbocycles. The van der Waals surface area contributed by atoms with E-state index in [0.29, 0.717) is 5.30 Å². The summed E-state index contributed by atoms with van der Waals surface area (Å²) in [6, 6.07) is 3.35. The molecule has 0 saturated heterocycles. The molecule has 0 heterocycles. The number of benzene rings is 1. The van der Waals surface area contributed by atoms with Crippen LogP contribution in [-0.4, -0.2) is 7.11 Å². The van der Waals surface area contributed by atoms with Gasteiger partial charge in [-0.3, -0.25) is 0 Å². The summed E-state index contributed by atoms with van der Waals surface area (Å²) in [5, 5.41) is 0.607. The summed E-state index contributed by atoms with van der Waals surface area (Å²) in [7, 11) is 3.64. The van der Waals surface area contributed by atoms with Gasteiger partial charge in [-0.05, 0) is 12.1 Å². The van der Waals surface area contributed by atoms with Crippen LogP contribution in [0.15, 0.2) is 18.2 Å². The van der Waals surface area contributed by atoms with Crippen LogP contribution in [0.25, 0.3) is 0 Å². The SMILES string of the molecule is COc1cc(C(F)(F)F)ccc1P. The van der Waals surface area contributed by atoms with Gasteiger partial charge in [0.25, 0.3) is 0 Å². The topological polar surface area (TPSA) is 9.23 Å². The third-order valence-corrected chi connectivity index (χ3v) is 2.04. The van der Waals surface area contributed by atoms with Crippen molar-refractivity contribution in [2.45, 2.75) is 6.18 Å². The van der Waals surface area contributed by atoms with Crippen molar-refractivity contribution in [3.63, 3.8) is 0 Å². The minimum absolute atomic E-state index is 0.222. The van der Waals surface area contributed by atoms with E-state index in [9.17, 15) is 13.2 Å². The molecule has 0 saturated carbocycles. The molecule has 0 aromatic heterocycles. The van der Waals surface area contributed by atoms with Crippen LogP contribution in [-0.2, 0) is 6.18 Å². The summed E-state index contributed by atoms with van der Waals surface area (Å²) in [6.07, 6.45) is -4.31. The quantitative estimate of drug-likeness (QED) is 0.643. The molecule has 72 valence electrons. The third-order valence-electron chi connectivity index (χ3n) is 1.56. The van der Waals surface area contributed by atoms with Crippen LogP contribution in [0.5, 0.6) is 5.75 Å². The van der Waals surface area contributed by atoms with Crippen molar-refractivity contribution < 1.29 is 17.9 Å². The van der Waals surface area contributed by atoms with E-state index in [4.69, 9.17) is 4.74 Å². The predicted molar refractivity (Wildman–Crippen MR) is 47.3 cm³/mol. The fourth-order valence-corrected chi connectivity index (χ4v) is 1.18. The number of ether oxygens (including phenoxy) is 1. The maximum atomic E-state index is 12.2. The summed E-state index contributed by atoms with van der Waals surface area (Å²) in [4.78, 5) is 0. The Balaban J connectivity index is 3.14. The van der Waals surface area contributed by atoms with E-state index in [1.165, 1.54) is 13.2 Å². The highest BCUT2D eigenvalue weighted by Crippen LogP contribution is 2.30. The molecule has 1 atom stereocenters. The van der Waals surface area contributed by atoms with Crippen LogP contribution < -0.4 is 10.0 Å². The van der Waals surface area contributed by atoms with Gasteiger partial charge >= 0.3 is 6.18 Å². The summed E-state index contributed by atoms with van der Waals surface area (Å²) in [5.41, 5.74) is -0.699. The maximum absolute atomic E-state index is 12.2. The summed E-state index contributed by atoms with van der Waals surface area (Å²) in [6.45, 7) is 0. The van der Waals surface area contributed by atoms with Gasteiger partial charge in [0, 0.05) is 5.30 Å². The lowest BCUT2D eigenvalue weighted by molar-refractivity contribution is -0.137. The number of halogens is 3. The van der Waals surface area contributed by atoms with Gasteiger partial charge in [-0.1, -0.05) is 6.07 Å². The summed E-state index contributed by atoms with van der Waals surface area (Å²) < 4.78 is 41.3. The highest BCUT2D eigenvalue weighted by molar-refractivity contribution is 7.27. The van der Waals surface area contributed by atoms with Crippen molar-refractivity contribution >= 4 is 14.5 Å². The zero-order valence-electron chi connectivity index (χ0n) is 6.85. The highest BCUT2D eigenvalue weighted by Gasteiger charge is 2.30. The van der Waals surface area contributed by atoms with Gasteiger partial charge in [0.15, 0.2) is 0 Å². The average Bonchev–Trinajstić information content (AvgIpc) is 2.03. The minimum Gasteiger partial charge on any atom is -0.496 e. The van der Waals surface area contributed by atoms with E-state index in [1.807, 2.05) is 0 Å². The van der Waals surface area contributed by atoms with Crippen molar-refractivity contribution in [1.82, 2.24) is 0 Å². The molecule has 0 aliphatic heterocycles. The van der Waals surface area contributed by atoms with Crippen LogP contribution in [0.3, 0.4) is 0 Å². The van der Waals surface area contributed by atoms with E-state index in [1.54, 1.807) is 0 Å². The molecule has 1 rings (SSSR count). The molecule has 0 fully saturated rings. The lowest BCUT2D eigenvalue weighted by atomic mass is 10.2. The Labute approximate surface area is 76.1 Å². The van der Waals surface area contributed by atoms with Gasteiger partial charge in [-0.2, -0.15) is 13.2 Å². The Kier molecular flexibility index (Phi) is 2.81. The first-order chi connectivity index (χ1) is 5.95.